The van der Waals surface area contributed by atoms with Crippen molar-refractivity contribution in [3.05, 3.63) is 59.8 Å². The molecule has 0 aromatic carbocycles. The minimum Gasteiger partial charge on any atom is -0.311 e. The highest BCUT2D eigenvalue weighted by molar-refractivity contribution is 7.99. The fourth-order valence-electron chi connectivity index (χ4n) is 5.82. The van der Waals surface area contributed by atoms with E-state index in [1.54, 1.807) is 29.0 Å². The molecule has 1 saturated carbocycles. The smallest absolute Gasteiger partial charge is 0.119 e. The van der Waals surface area contributed by atoms with E-state index in [-0.39, 0.29) is 0 Å². The lowest BCUT2D eigenvalue weighted by molar-refractivity contribution is 0.202. The predicted octanol–water partition coefficient (Wildman–Crippen LogP) is 5.03. The quantitative estimate of drug-likeness (QED) is 0.424. The van der Waals surface area contributed by atoms with Crippen molar-refractivity contribution in [1.82, 2.24) is 29.7 Å². The van der Waals surface area contributed by atoms with Crippen LogP contribution in [0, 0.1) is 29.6 Å². The van der Waals surface area contributed by atoms with Gasteiger partial charge in [0.05, 0.1) is 35.1 Å². The van der Waals surface area contributed by atoms with Crippen molar-refractivity contribution >= 4 is 17.3 Å². The molecular weight excluding hydrogens is 468 g/mol. The Morgan fingerprint density at radius 3 is 2.69 bits per heavy atom. The average molecular weight is 495 g/mol. The SMILES string of the molecule is Cc1c(-c2cc(Sc3ncccc3C#N)c3c(C#N)cnn3c2)cnn1C1CCC2(CCCN2)CC1. The van der Waals surface area contributed by atoms with Crippen LogP contribution in [0.2, 0.25) is 0 Å². The number of nitrogens with one attached hydrogen (secondary N) is 1. The molecule has 9 heteroatoms. The first kappa shape index (κ1) is 22.8. The Morgan fingerprint density at radius 2 is 1.94 bits per heavy atom. The van der Waals surface area contributed by atoms with Crippen molar-refractivity contribution in [1.29, 1.82) is 10.5 Å². The number of pyridine rings is 2. The second-order valence-electron chi connectivity index (χ2n) is 9.76. The topological polar surface area (TPSA) is 108 Å². The van der Waals surface area contributed by atoms with E-state index >= 15 is 0 Å². The number of fused-ring (bicyclic) bond motifs is 1. The van der Waals surface area contributed by atoms with Gasteiger partial charge in [0.25, 0.3) is 0 Å². The lowest BCUT2D eigenvalue weighted by Gasteiger charge is -2.38. The Balaban J connectivity index is 1.37. The van der Waals surface area contributed by atoms with Crippen molar-refractivity contribution < 1.29 is 0 Å². The lowest BCUT2D eigenvalue weighted by atomic mass is 9.78. The van der Waals surface area contributed by atoms with Gasteiger partial charge in [0.1, 0.15) is 17.2 Å². The molecule has 4 aromatic rings. The monoisotopic (exact) mass is 494 g/mol. The maximum absolute atomic E-state index is 9.67. The minimum absolute atomic E-state index is 0.351. The Bertz CT molecular complexity index is 1520. The van der Waals surface area contributed by atoms with Gasteiger partial charge in [-0.25, -0.2) is 9.50 Å². The molecule has 2 fully saturated rings. The summed E-state index contributed by atoms with van der Waals surface area (Å²) in [5.41, 5.74) is 5.21. The summed E-state index contributed by atoms with van der Waals surface area (Å²) < 4.78 is 3.95. The maximum Gasteiger partial charge on any atom is 0.119 e. The molecular formula is C27H26N8S. The molecule has 4 aromatic heterocycles. The van der Waals surface area contributed by atoms with Crippen molar-refractivity contribution in [2.75, 3.05) is 6.54 Å². The van der Waals surface area contributed by atoms with Crippen molar-refractivity contribution in [3.63, 3.8) is 0 Å². The molecule has 0 unspecified atom stereocenters. The van der Waals surface area contributed by atoms with Crippen LogP contribution in [-0.4, -0.2) is 36.5 Å². The van der Waals surface area contributed by atoms with Gasteiger partial charge in [-0.3, -0.25) is 4.68 Å². The Kier molecular flexibility index (Phi) is 5.75. The zero-order valence-electron chi connectivity index (χ0n) is 20.1. The van der Waals surface area contributed by atoms with Gasteiger partial charge in [-0.05, 0) is 70.2 Å². The molecule has 0 atom stereocenters. The Labute approximate surface area is 214 Å². The van der Waals surface area contributed by atoms with E-state index in [1.165, 1.54) is 37.4 Å². The van der Waals surface area contributed by atoms with Crippen LogP contribution in [0.3, 0.4) is 0 Å². The van der Waals surface area contributed by atoms with Crippen LogP contribution in [0.4, 0.5) is 0 Å². The van der Waals surface area contributed by atoms with Gasteiger partial charge in [0.15, 0.2) is 0 Å². The number of rotatable bonds is 4. The summed E-state index contributed by atoms with van der Waals surface area (Å²) in [7, 11) is 0. The van der Waals surface area contributed by atoms with Gasteiger partial charge >= 0.3 is 0 Å². The van der Waals surface area contributed by atoms with E-state index in [4.69, 9.17) is 5.10 Å². The van der Waals surface area contributed by atoms with Gasteiger partial charge in [0, 0.05) is 39.6 Å². The van der Waals surface area contributed by atoms with E-state index in [0.717, 1.165) is 41.1 Å². The predicted molar refractivity (Wildman–Crippen MR) is 136 cm³/mol. The number of aromatic nitrogens is 5. The molecule has 36 heavy (non-hydrogen) atoms. The molecule has 1 saturated heterocycles. The van der Waals surface area contributed by atoms with E-state index < -0.39 is 0 Å². The van der Waals surface area contributed by atoms with Crippen molar-refractivity contribution in [2.45, 2.75) is 67.0 Å². The first-order valence-corrected chi connectivity index (χ1v) is 13.2. The molecule has 0 radical (unpaired) electrons. The molecule has 180 valence electrons. The van der Waals surface area contributed by atoms with Crippen LogP contribution < -0.4 is 5.32 Å². The summed E-state index contributed by atoms with van der Waals surface area (Å²) in [5.74, 6) is 0. The molecule has 6 rings (SSSR count). The fourth-order valence-corrected chi connectivity index (χ4v) is 6.85. The zero-order valence-corrected chi connectivity index (χ0v) is 20.9. The Hall–Kier alpha value is -3.66. The van der Waals surface area contributed by atoms with Gasteiger partial charge in [-0.2, -0.15) is 20.7 Å². The largest absolute Gasteiger partial charge is 0.311 e. The summed E-state index contributed by atoms with van der Waals surface area (Å²) in [6.07, 6.45) is 14.4. The summed E-state index contributed by atoms with van der Waals surface area (Å²) in [4.78, 5) is 5.24. The fraction of sp³-hybridized carbons (Fsp3) is 0.370. The minimum atomic E-state index is 0.351. The van der Waals surface area contributed by atoms with Crippen molar-refractivity contribution in [2.24, 2.45) is 0 Å². The molecule has 2 aliphatic rings. The highest BCUT2D eigenvalue weighted by Crippen LogP contribution is 2.41. The molecule has 1 aliphatic heterocycles. The number of hydrogen-bond donors (Lipinski definition) is 1. The van der Waals surface area contributed by atoms with Gasteiger partial charge in [-0.1, -0.05) is 11.8 Å². The number of hydrogen-bond acceptors (Lipinski definition) is 7. The number of nitrogens with zero attached hydrogens (tertiary/aromatic N) is 7. The van der Waals surface area contributed by atoms with E-state index in [0.29, 0.717) is 33.3 Å². The van der Waals surface area contributed by atoms with Crippen LogP contribution in [-0.2, 0) is 0 Å². The zero-order chi connectivity index (χ0) is 24.7. The van der Waals surface area contributed by atoms with Crippen LogP contribution >= 0.6 is 11.8 Å². The van der Waals surface area contributed by atoms with Crippen LogP contribution in [0.25, 0.3) is 16.6 Å². The normalized spacial score (nSPS) is 21.6. The standard InChI is InChI=1S/C27H26N8S/c1-18-23(16-33-35(18)22-5-8-27(9-6-22)7-3-11-31-27)20-12-24(25-21(14-29)15-32-34(25)17-20)36-26-19(13-28)4-2-10-30-26/h2,4,10,12,15-17,22,31H,3,5-9,11H2,1H3. The summed E-state index contributed by atoms with van der Waals surface area (Å²) in [6, 6.07) is 10.4. The second-order valence-corrected chi connectivity index (χ2v) is 10.8. The van der Waals surface area contributed by atoms with Crippen LogP contribution in [0.1, 0.15) is 61.4 Å². The molecule has 0 bridgehead atoms. The molecule has 0 amide bonds. The molecule has 1 aliphatic carbocycles. The summed E-state index contributed by atoms with van der Waals surface area (Å²) in [6.45, 7) is 3.28. The first-order chi connectivity index (χ1) is 17.6. The molecule has 8 nitrogen and oxygen atoms in total. The van der Waals surface area contributed by atoms with Gasteiger partial charge < -0.3 is 5.32 Å². The third-order valence-electron chi connectivity index (χ3n) is 7.74. The third-order valence-corrected chi connectivity index (χ3v) is 8.79. The second kappa shape index (κ2) is 9.09. The molecule has 1 spiro atoms. The van der Waals surface area contributed by atoms with Crippen molar-refractivity contribution in [3.8, 4) is 23.3 Å². The lowest BCUT2D eigenvalue weighted by Crippen LogP contribution is -2.43. The summed E-state index contributed by atoms with van der Waals surface area (Å²) in [5, 5.41) is 32.9. The first-order valence-electron chi connectivity index (χ1n) is 12.3. The van der Waals surface area contributed by atoms with Crippen LogP contribution in [0.5, 0.6) is 0 Å². The molecule has 1 N–H and O–H groups in total. The van der Waals surface area contributed by atoms with E-state index in [2.05, 4.69) is 45.2 Å². The number of nitriles is 2. The maximum atomic E-state index is 9.67. The highest BCUT2D eigenvalue weighted by atomic mass is 32.2. The summed E-state index contributed by atoms with van der Waals surface area (Å²) >= 11 is 1.38. The van der Waals surface area contributed by atoms with Gasteiger partial charge in [0.2, 0.25) is 0 Å². The van der Waals surface area contributed by atoms with Gasteiger partial charge in [-0.15, -0.1) is 0 Å². The Morgan fingerprint density at radius 1 is 1.11 bits per heavy atom. The molecule has 5 heterocycles. The van der Waals surface area contributed by atoms with E-state index in [9.17, 15) is 10.5 Å². The van der Waals surface area contributed by atoms with Crippen LogP contribution in [0.15, 0.2) is 52.9 Å². The highest BCUT2D eigenvalue weighted by Gasteiger charge is 2.38. The average Bonchev–Trinajstić information content (AvgIpc) is 3.64. The third kappa shape index (κ3) is 3.85. The van der Waals surface area contributed by atoms with E-state index in [1.807, 2.05) is 12.4 Å².